The van der Waals surface area contributed by atoms with Crippen LogP contribution in [0.1, 0.15) is 31.7 Å². The molecule has 0 saturated carbocycles. The molecule has 3 rings (SSSR count). The Balaban J connectivity index is 1.51. The molecule has 1 aliphatic rings. The molecule has 6 heteroatoms. The van der Waals surface area contributed by atoms with Gasteiger partial charge in [0.05, 0.1) is 5.92 Å². The van der Waals surface area contributed by atoms with E-state index < -0.39 is 0 Å². The van der Waals surface area contributed by atoms with Gasteiger partial charge in [-0.25, -0.2) is 0 Å². The number of nitrogens with zero attached hydrogens (tertiary/aromatic N) is 1. The minimum atomic E-state index is -0.221. The Morgan fingerprint density at radius 2 is 2.28 bits per heavy atom. The Labute approximate surface area is 152 Å². The van der Waals surface area contributed by atoms with E-state index in [-0.39, 0.29) is 17.7 Å². The van der Waals surface area contributed by atoms with Crippen LogP contribution in [0.5, 0.6) is 0 Å². The topological polar surface area (TPSA) is 65.2 Å². The molecule has 0 radical (unpaired) electrons. The standard InChI is InChI=1S/C19H24ClN3O2/c1-2-3-8-23-12-14(9-18(23)24)19(25)21-7-6-13-11-22-17-5-4-15(20)10-16(13)17/h4-5,10-11,14,22H,2-3,6-9,12H2,1H3,(H,21,25)/t14-/m0/s1. The molecular weight excluding hydrogens is 338 g/mol. The first-order valence-electron chi connectivity index (χ1n) is 8.89. The number of carbonyl (C=O) groups is 2. The largest absolute Gasteiger partial charge is 0.361 e. The summed E-state index contributed by atoms with van der Waals surface area (Å²) in [5.74, 6) is -0.146. The number of aromatic amines is 1. The highest BCUT2D eigenvalue weighted by Gasteiger charge is 2.33. The highest BCUT2D eigenvalue weighted by Crippen LogP contribution is 2.23. The molecule has 1 aromatic heterocycles. The fourth-order valence-electron chi connectivity index (χ4n) is 3.34. The van der Waals surface area contributed by atoms with Crippen molar-refractivity contribution < 1.29 is 9.59 Å². The molecule has 1 saturated heterocycles. The van der Waals surface area contributed by atoms with Crippen molar-refractivity contribution in [2.24, 2.45) is 5.92 Å². The number of aromatic nitrogens is 1. The van der Waals surface area contributed by atoms with Gasteiger partial charge in [0.2, 0.25) is 11.8 Å². The molecule has 2 amide bonds. The number of unbranched alkanes of at least 4 members (excludes halogenated alkanes) is 1. The Bertz CT molecular complexity index is 771. The number of H-pyrrole nitrogens is 1. The molecule has 0 spiro atoms. The molecule has 2 N–H and O–H groups in total. The van der Waals surface area contributed by atoms with Gasteiger partial charge in [-0.1, -0.05) is 24.9 Å². The number of hydrogen-bond donors (Lipinski definition) is 2. The monoisotopic (exact) mass is 361 g/mol. The maximum atomic E-state index is 12.3. The van der Waals surface area contributed by atoms with Gasteiger partial charge in [0.25, 0.3) is 0 Å². The summed E-state index contributed by atoms with van der Waals surface area (Å²) in [5, 5.41) is 4.76. The Morgan fingerprint density at radius 3 is 3.08 bits per heavy atom. The van der Waals surface area contributed by atoms with Crippen LogP contribution >= 0.6 is 11.6 Å². The number of rotatable bonds is 7. The number of benzene rings is 1. The average Bonchev–Trinajstić information content (AvgIpc) is 3.16. The van der Waals surface area contributed by atoms with Crippen LogP contribution in [0, 0.1) is 5.92 Å². The van der Waals surface area contributed by atoms with E-state index in [0.29, 0.717) is 24.5 Å². The van der Waals surface area contributed by atoms with Crippen LogP contribution in [-0.4, -0.2) is 41.3 Å². The van der Waals surface area contributed by atoms with Crippen molar-refractivity contribution in [3.8, 4) is 0 Å². The first-order chi connectivity index (χ1) is 12.1. The maximum Gasteiger partial charge on any atom is 0.225 e. The predicted octanol–water partition coefficient (Wildman–Crippen LogP) is 3.13. The molecule has 25 heavy (non-hydrogen) atoms. The van der Waals surface area contributed by atoms with Crippen molar-refractivity contribution in [3.05, 3.63) is 35.0 Å². The lowest BCUT2D eigenvalue weighted by molar-refractivity contribution is -0.129. The molecule has 0 aliphatic carbocycles. The third-order valence-corrected chi connectivity index (χ3v) is 5.03. The molecule has 2 heterocycles. The van der Waals surface area contributed by atoms with Gasteiger partial charge in [0.1, 0.15) is 0 Å². The van der Waals surface area contributed by atoms with Crippen LogP contribution in [0.15, 0.2) is 24.4 Å². The van der Waals surface area contributed by atoms with Gasteiger partial charge in [-0.15, -0.1) is 0 Å². The van der Waals surface area contributed by atoms with Crippen molar-refractivity contribution in [2.75, 3.05) is 19.6 Å². The zero-order valence-corrected chi connectivity index (χ0v) is 15.2. The number of fused-ring (bicyclic) bond motifs is 1. The lowest BCUT2D eigenvalue weighted by Gasteiger charge is -2.15. The van der Waals surface area contributed by atoms with Crippen molar-refractivity contribution in [1.29, 1.82) is 0 Å². The third-order valence-electron chi connectivity index (χ3n) is 4.79. The Kier molecular flexibility index (Phi) is 5.63. The normalized spacial score (nSPS) is 17.4. The van der Waals surface area contributed by atoms with Crippen LogP contribution in [0.25, 0.3) is 10.9 Å². The van der Waals surface area contributed by atoms with E-state index in [0.717, 1.165) is 42.3 Å². The van der Waals surface area contributed by atoms with E-state index >= 15 is 0 Å². The van der Waals surface area contributed by atoms with Gasteiger partial charge in [-0.3, -0.25) is 9.59 Å². The first-order valence-corrected chi connectivity index (χ1v) is 9.27. The van der Waals surface area contributed by atoms with Crippen LogP contribution in [-0.2, 0) is 16.0 Å². The summed E-state index contributed by atoms with van der Waals surface area (Å²) in [6.07, 6.45) is 5.06. The molecule has 1 atom stereocenters. The van der Waals surface area contributed by atoms with Crippen molar-refractivity contribution >= 4 is 34.3 Å². The number of nitrogens with one attached hydrogen (secondary N) is 2. The Hall–Kier alpha value is -2.01. The van der Waals surface area contributed by atoms with Crippen molar-refractivity contribution in [2.45, 2.75) is 32.6 Å². The lowest BCUT2D eigenvalue weighted by Crippen LogP contribution is -2.34. The highest BCUT2D eigenvalue weighted by molar-refractivity contribution is 6.31. The van der Waals surface area contributed by atoms with Crippen molar-refractivity contribution in [1.82, 2.24) is 15.2 Å². The number of carbonyl (C=O) groups excluding carboxylic acids is 2. The zero-order chi connectivity index (χ0) is 17.8. The molecule has 134 valence electrons. The smallest absolute Gasteiger partial charge is 0.225 e. The minimum absolute atomic E-state index is 0.0229. The maximum absolute atomic E-state index is 12.3. The quantitative estimate of drug-likeness (QED) is 0.795. The molecule has 5 nitrogen and oxygen atoms in total. The van der Waals surface area contributed by atoms with Gasteiger partial charge in [-0.05, 0) is 36.6 Å². The fraction of sp³-hybridized carbons (Fsp3) is 0.474. The Morgan fingerprint density at radius 1 is 1.44 bits per heavy atom. The fourth-order valence-corrected chi connectivity index (χ4v) is 3.51. The number of amides is 2. The number of halogens is 1. The van der Waals surface area contributed by atoms with Gasteiger partial charge in [0, 0.05) is 48.2 Å². The summed E-state index contributed by atoms with van der Waals surface area (Å²) < 4.78 is 0. The van der Waals surface area contributed by atoms with E-state index in [9.17, 15) is 9.59 Å². The number of likely N-dealkylation sites (tertiary alicyclic amines) is 1. The van der Waals surface area contributed by atoms with Crippen LogP contribution in [0.3, 0.4) is 0 Å². The van der Waals surface area contributed by atoms with E-state index in [4.69, 9.17) is 11.6 Å². The molecular formula is C19H24ClN3O2. The summed E-state index contributed by atoms with van der Waals surface area (Å²) in [6, 6.07) is 5.74. The summed E-state index contributed by atoms with van der Waals surface area (Å²) >= 11 is 6.06. The van der Waals surface area contributed by atoms with Crippen LogP contribution in [0.4, 0.5) is 0 Å². The highest BCUT2D eigenvalue weighted by atomic mass is 35.5. The predicted molar refractivity (Wildman–Crippen MR) is 99.6 cm³/mol. The summed E-state index contributed by atoms with van der Waals surface area (Å²) in [7, 11) is 0. The summed E-state index contributed by atoms with van der Waals surface area (Å²) in [4.78, 5) is 29.3. The van der Waals surface area contributed by atoms with Crippen molar-refractivity contribution in [3.63, 3.8) is 0 Å². The first kappa shape index (κ1) is 17.8. The summed E-state index contributed by atoms with van der Waals surface area (Å²) in [6.45, 7) is 3.96. The molecule has 2 aromatic rings. The average molecular weight is 362 g/mol. The SMILES string of the molecule is CCCCN1C[C@@H](C(=O)NCCc2c[nH]c3ccc(Cl)cc23)CC1=O. The second-order valence-corrected chi connectivity index (χ2v) is 7.08. The van der Waals surface area contributed by atoms with Gasteiger partial charge < -0.3 is 15.2 Å². The lowest BCUT2D eigenvalue weighted by atomic mass is 10.1. The number of hydrogen-bond acceptors (Lipinski definition) is 2. The van der Waals surface area contributed by atoms with E-state index in [1.807, 2.05) is 29.3 Å². The summed E-state index contributed by atoms with van der Waals surface area (Å²) in [5.41, 5.74) is 2.17. The molecule has 1 aliphatic heterocycles. The van der Waals surface area contributed by atoms with Crippen LogP contribution in [0.2, 0.25) is 5.02 Å². The second-order valence-electron chi connectivity index (χ2n) is 6.64. The van der Waals surface area contributed by atoms with E-state index in [2.05, 4.69) is 17.2 Å². The van der Waals surface area contributed by atoms with Gasteiger partial charge in [0.15, 0.2) is 0 Å². The molecule has 1 aromatic carbocycles. The van der Waals surface area contributed by atoms with Gasteiger partial charge >= 0.3 is 0 Å². The molecule has 0 unspecified atom stereocenters. The van der Waals surface area contributed by atoms with Crippen LogP contribution < -0.4 is 5.32 Å². The third kappa shape index (κ3) is 4.15. The second kappa shape index (κ2) is 7.91. The van der Waals surface area contributed by atoms with E-state index in [1.165, 1.54) is 0 Å². The van der Waals surface area contributed by atoms with E-state index in [1.54, 1.807) is 0 Å². The molecule has 0 bridgehead atoms. The molecule has 1 fully saturated rings. The minimum Gasteiger partial charge on any atom is -0.361 e. The zero-order valence-electron chi connectivity index (χ0n) is 14.5. The van der Waals surface area contributed by atoms with Gasteiger partial charge in [-0.2, -0.15) is 0 Å².